The van der Waals surface area contributed by atoms with Gasteiger partial charge in [-0.3, -0.25) is 0 Å². The van der Waals surface area contributed by atoms with Crippen molar-refractivity contribution in [3.05, 3.63) is 163 Å². The molecule has 6 aromatic carbocycles. The van der Waals surface area contributed by atoms with Gasteiger partial charge in [-0.05, 0) is 105 Å². The van der Waals surface area contributed by atoms with E-state index in [0.29, 0.717) is 0 Å². The molecule has 0 aliphatic carbocycles. The van der Waals surface area contributed by atoms with E-state index >= 15 is 0 Å². The number of halogens is 3. The Morgan fingerprint density at radius 1 is 0.517 bits per heavy atom. The number of pyridine rings is 1. The zero-order valence-electron chi connectivity index (χ0n) is 33.4. The Bertz CT molecular complexity index is 2710. The monoisotopic (exact) mass is 820 g/mol. The fourth-order valence-corrected chi connectivity index (χ4v) is 8.60. The summed E-state index contributed by atoms with van der Waals surface area (Å²) in [6.45, 7) is 11.6. The van der Waals surface area contributed by atoms with E-state index in [-0.39, 0.29) is 10.8 Å². The highest BCUT2D eigenvalue weighted by Crippen LogP contribution is 2.42. The summed E-state index contributed by atoms with van der Waals surface area (Å²) in [6.07, 6.45) is 0. The molecule has 0 amide bonds. The largest absolute Gasteiger partial charge is 0.685 e. The molecular weight excluding hydrogens is 778 g/mol. The van der Waals surface area contributed by atoms with Gasteiger partial charge in [-0.2, -0.15) is 0 Å². The standard InChI is InChI=1S/C49H43BN2O2.CHCl3/c1-48(2,3)34-22-28-42-40(30-34)41-31-35(49(4,5)6)23-29-43(41)51(42)37-26-20-33(21-27-37)32-18-24-36(25-19-32)50-52-44(38-12-7-9-16-46(38)53-50)14-11-15-45(52)39-13-8-10-17-47(39)54-50;2-1(3)4/h7-31H,1-6H3;1H. The first-order chi connectivity index (χ1) is 27.7. The van der Waals surface area contributed by atoms with Crippen molar-refractivity contribution in [2.24, 2.45) is 0 Å². The minimum absolute atomic E-state index is 0.0632. The van der Waals surface area contributed by atoms with Crippen molar-refractivity contribution in [3.8, 4) is 50.8 Å². The van der Waals surface area contributed by atoms with Gasteiger partial charge < -0.3 is 18.4 Å². The van der Waals surface area contributed by atoms with Crippen LogP contribution in [0, 0.1) is 0 Å². The highest BCUT2D eigenvalue weighted by atomic mass is 35.6. The number of hydrogen-bond donors (Lipinski definition) is 0. The topological polar surface area (TPSA) is 27.3 Å². The van der Waals surface area contributed by atoms with Crippen LogP contribution in [0.4, 0.5) is 0 Å². The molecule has 4 nitrogen and oxygen atoms in total. The van der Waals surface area contributed by atoms with Crippen molar-refractivity contribution >= 4 is 68.8 Å². The van der Waals surface area contributed by atoms with Gasteiger partial charge in [0.05, 0.1) is 33.7 Å². The van der Waals surface area contributed by atoms with Gasteiger partial charge in [0.1, 0.15) is 0 Å². The quantitative estimate of drug-likeness (QED) is 0.131. The lowest BCUT2D eigenvalue weighted by Gasteiger charge is -2.44. The lowest BCUT2D eigenvalue weighted by molar-refractivity contribution is -0.548. The third-order valence-electron chi connectivity index (χ3n) is 11.6. The first kappa shape index (κ1) is 38.3. The average Bonchev–Trinajstić information content (AvgIpc) is 3.53. The van der Waals surface area contributed by atoms with E-state index in [1.807, 2.05) is 24.3 Å². The predicted molar refractivity (Wildman–Crippen MR) is 245 cm³/mol. The predicted octanol–water partition coefficient (Wildman–Crippen LogP) is 13.1. The van der Waals surface area contributed by atoms with Gasteiger partial charge in [-0.15, -0.1) is 0 Å². The summed E-state index contributed by atoms with van der Waals surface area (Å²) in [5.74, 6) is 1.64. The Morgan fingerprint density at radius 2 is 0.948 bits per heavy atom. The number of hydrogen-bond acceptors (Lipinski definition) is 2. The van der Waals surface area contributed by atoms with Crippen LogP contribution >= 0.6 is 34.8 Å². The molecule has 0 radical (unpaired) electrons. The van der Waals surface area contributed by atoms with Crippen LogP contribution in [0.25, 0.3) is 61.1 Å². The third kappa shape index (κ3) is 6.54. The summed E-state index contributed by atoms with van der Waals surface area (Å²) in [4.78, 5) is 0. The molecule has 0 fully saturated rings. The van der Waals surface area contributed by atoms with Crippen LogP contribution in [0.15, 0.2) is 152 Å². The molecule has 8 aromatic rings. The highest BCUT2D eigenvalue weighted by Gasteiger charge is 2.56. The Kier molecular flexibility index (Phi) is 9.43. The molecule has 0 saturated carbocycles. The lowest BCUT2D eigenvalue weighted by atomic mass is 9.59. The van der Waals surface area contributed by atoms with Crippen molar-refractivity contribution in [2.45, 2.75) is 56.7 Å². The van der Waals surface area contributed by atoms with Gasteiger partial charge in [0, 0.05) is 28.6 Å². The van der Waals surface area contributed by atoms with Gasteiger partial charge in [-0.1, -0.05) is 149 Å². The molecule has 2 aliphatic rings. The zero-order valence-corrected chi connectivity index (χ0v) is 35.7. The van der Waals surface area contributed by atoms with Crippen LogP contribution in [0.5, 0.6) is 11.5 Å². The van der Waals surface area contributed by atoms with Crippen LogP contribution in [0.1, 0.15) is 52.7 Å². The number of alkyl halides is 3. The number of para-hydroxylation sites is 2. The van der Waals surface area contributed by atoms with Crippen molar-refractivity contribution in [2.75, 3.05) is 0 Å². The second-order valence-electron chi connectivity index (χ2n) is 17.3. The molecule has 0 saturated heterocycles. The van der Waals surface area contributed by atoms with E-state index in [1.165, 1.54) is 32.9 Å². The molecule has 0 N–H and O–H groups in total. The molecule has 0 spiro atoms. The third-order valence-corrected chi connectivity index (χ3v) is 11.6. The summed E-state index contributed by atoms with van der Waals surface area (Å²) in [5, 5.41) is 2.60. The SMILES string of the molecule is CC(C)(C)c1ccc2c(c1)c1cc(C(C)(C)C)ccc1n2-c1ccc(-c2ccc([B-]34Oc5ccccc5-c5cccc([n+]53)-c3ccccc3O4)cc2)cc1.ClC(Cl)Cl. The summed E-state index contributed by atoms with van der Waals surface area (Å²) in [6, 6.07) is 54.7. The minimum Gasteiger partial charge on any atom is -0.618 e. The molecule has 4 heterocycles. The molecule has 10 rings (SSSR count). The normalized spacial score (nSPS) is 13.8. The van der Waals surface area contributed by atoms with Crippen molar-refractivity contribution in [3.63, 3.8) is 0 Å². The second kappa shape index (κ2) is 14.3. The number of fused-ring (bicyclic) bond motifs is 7. The van der Waals surface area contributed by atoms with E-state index in [9.17, 15) is 0 Å². The molecule has 290 valence electrons. The molecule has 58 heavy (non-hydrogen) atoms. The summed E-state index contributed by atoms with van der Waals surface area (Å²) in [5.41, 5.74) is 14.0. The smallest absolute Gasteiger partial charge is 0.618 e. The van der Waals surface area contributed by atoms with Gasteiger partial charge in [0.15, 0.2) is 15.7 Å². The van der Waals surface area contributed by atoms with Gasteiger partial charge >= 0.3 is 6.69 Å². The van der Waals surface area contributed by atoms with E-state index < -0.39 is 11.0 Å². The van der Waals surface area contributed by atoms with Crippen molar-refractivity contribution in [1.29, 1.82) is 0 Å². The molecule has 0 unspecified atom stereocenters. The summed E-state index contributed by atoms with van der Waals surface area (Å²) >= 11 is 14.4. The molecule has 2 aromatic heterocycles. The van der Waals surface area contributed by atoms with Crippen LogP contribution in [-0.2, 0) is 10.8 Å². The molecule has 8 heteroatoms. The fourth-order valence-electron chi connectivity index (χ4n) is 8.60. The van der Waals surface area contributed by atoms with Crippen LogP contribution < -0.4 is 19.2 Å². The maximum Gasteiger partial charge on any atom is 0.685 e. The maximum absolute atomic E-state index is 7.00. The number of rotatable bonds is 3. The maximum atomic E-state index is 7.00. The van der Waals surface area contributed by atoms with Gasteiger partial charge in [-0.25, -0.2) is 0 Å². The second-order valence-corrected chi connectivity index (χ2v) is 19.3. The Hall–Kier alpha value is -5.20. The fraction of sp³-hybridized carbons (Fsp3) is 0.180. The minimum atomic E-state index is -2.12. The van der Waals surface area contributed by atoms with E-state index in [0.717, 1.165) is 56.3 Å². The highest BCUT2D eigenvalue weighted by molar-refractivity contribution is 6.75. The molecule has 2 aliphatic heterocycles. The number of aromatic nitrogens is 2. The van der Waals surface area contributed by atoms with Crippen molar-refractivity contribution < 1.29 is 13.8 Å². The average molecular weight is 822 g/mol. The molecular formula is C50H44BCl3N2O2. The summed E-state index contributed by atoms with van der Waals surface area (Å²) in [7, 11) is 0. The number of nitrogens with zero attached hydrogens (tertiary/aromatic N) is 2. The first-order valence-corrected chi connectivity index (χ1v) is 21.0. The Labute approximate surface area is 355 Å². The Balaban J connectivity index is 0.00000104. The zero-order chi connectivity index (χ0) is 40.6. The van der Waals surface area contributed by atoms with Crippen molar-refractivity contribution in [1.82, 2.24) is 4.57 Å². The van der Waals surface area contributed by atoms with Gasteiger partial charge in [0.2, 0.25) is 0 Å². The van der Waals surface area contributed by atoms with E-state index in [4.69, 9.17) is 44.1 Å². The van der Waals surface area contributed by atoms with E-state index in [1.54, 1.807) is 0 Å². The van der Waals surface area contributed by atoms with Crippen LogP contribution in [0.3, 0.4) is 0 Å². The summed E-state index contributed by atoms with van der Waals surface area (Å²) < 4.78 is 17.9. The van der Waals surface area contributed by atoms with E-state index in [2.05, 4.69) is 178 Å². The number of benzene rings is 6. The molecule has 0 atom stereocenters. The Morgan fingerprint density at radius 3 is 1.40 bits per heavy atom. The van der Waals surface area contributed by atoms with Crippen LogP contribution in [-0.4, -0.2) is 15.5 Å². The molecule has 0 bridgehead atoms. The van der Waals surface area contributed by atoms with Gasteiger partial charge in [0.25, 0.3) is 0 Å². The lowest BCUT2D eigenvalue weighted by Crippen LogP contribution is -2.83. The first-order valence-electron chi connectivity index (χ1n) is 19.7. The van der Waals surface area contributed by atoms with Crippen LogP contribution in [0.2, 0.25) is 0 Å².